The van der Waals surface area contributed by atoms with Crippen LogP contribution in [0.5, 0.6) is 0 Å². The summed E-state index contributed by atoms with van der Waals surface area (Å²) >= 11 is 8.07. The number of nitrogens with one attached hydrogen (secondary N) is 1. The van der Waals surface area contributed by atoms with Crippen molar-refractivity contribution in [1.29, 1.82) is 0 Å². The Kier molecular flexibility index (Phi) is 6.46. The summed E-state index contributed by atoms with van der Waals surface area (Å²) in [7, 11) is 0. The maximum Gasteiger partial charge on any atom is 0.0406 e. The van der Waals surface area contributed by atoms with Gasteiger partial charge in [0.05, 0.1) is 0 Å². The van der Waals surface area contributed by atoms with E-state index < -0.39 is 0 Å². The summed E-state index contributed by atoms with van der Waals surface area (Å²) in [6.07, 6.45) is 5.18. The molecule has 0 aromatic heterocycles. The molecule has 1 fully saturated rings. The average molecular weight is 326 g/mol. The van der Waals surface area contributed by atoms with E-state index in [1.54, 1.807) is 0 Å². The normalized spacial score (nSPS) is 25.0. The maximum atomic E-state index is 5.96. The van der Waals surface area contributed by atoms with E-state index in [0.29, 0.717) is 11.5 Å². The van der Waals surface area contributed by atoms with Gasteiger partial charge in [-0.25, -0.2) is 0 Å². The Morgan fingerprint density at radius 1 is 1.29 bits per heavy atom. The minimum absolute atomic E-state index is 0.488. The first kappa shape index (κ1) is 17.2. The lowest BCUT2D eigenvalue weighted by molar-refractivity contribution is 0.214. The molecule has 21 heavy (non-hydrogen) atoms. The van der Waals surface area contributed by atoms with Crippen molar-refractivity contribution < 1.29 is 0 Å². The highest BCUT2D eigenvalue weighted by Crippen LogP contribution is 2.41. The van der Waals surface area contributed by atoms with Gasteiger partial charge in [0.25, 0.3) is 0 Å². The predicted molar refractivity (Wildman–Crippen MR) is 96.2 cm³/mol. The van der Waals surface area contributed by atoms with Gasteiger partial charge in [-0.1, -0.05) is 44.5 Å². The second kappa shape index (κ2) is 7.89. The highest BCUT2D eigenvalue weighted by Gasteiger charge is 2.34. The predicted octanol–water partition coefficient (Wildman–Crippen LogP) is 5.52. The van der Waals surface area contributed by atoms with Crippen LogP contribution in [0.15, 0.2) is 24.3 Å². The van der Waals surface area contributed by atoms with E-state index in [-0.39, 0.29) is 0 Å². The van der Waals surface area contributed by atoms with Crippen molar-refractivity contribution >= 4 is 23.4 Å². The Morgan fingerprint density at radius 2 is 2.00 bits per heavy atom. The lowest BCUT2D eigenvalue weighted by Gasteiger charge is -2.41. The zero-order valence-electron chi connectivity index (χ0n) is 13.5. The van der Waals surface area contributed by atoms with E-state index in [2.05, 4.69) is 50.0 Å². The third-order valence-corrected chi connectivity index (χ3v) is 6.04. The molecule has 118 valence electrons. The molecule has 2 atom stereocenters. The molecule has 0 saturated heterocycles. The summed E-state index contributed by atoms with van der Waals surface area (Å²) in [6.45, 7) is 8.22. The fraction of sp³-hybridized carbons (Fsp3) is 0.667. The average Bonchev–Trinajstić information content (AvgIpc) is 2.45. The van der Waals surface area contributed by atoms with E-state index in [1.165, 1.54) is 31.2 Å². The zero-order chi connectivity index (χ0) is 15.3. The van der Waals surface area contributed by atoms with Crippen LogP contribution in [0.25, 0.3) is 0 Å². The van der Waals surface area contributed by atoms with Crippen molar-refractivity contribution in [3.8, 4) is 0 Å². The van der Waals surface area contributed by atoms with Crippen LogP contribution in [0.2, 0.25) is 5.02 Å². The first-order chi connectivity index (χ1) is 10.00. The van der Waals surface area contributed by atoms with Crippen LogP contribution in [0, 0.1) is 5.41 Å². The van der Waals surface area contributed by atoms with Crippen molar-refractivity contribution in [2.24, 2.45) is 5.41 Å². The first-order valence-electron chi connectivity index (χ1n) is 8.09. The fourth-order valence-corrected chi connectivity index (χ4v) is 4.80. The zero-order valence-corrected chi connectivity index (χ0v) is 15.1. The third kappa shape index (κ3) is 5.50. The molecule has 0 amide bonds. The number of thioether (sulfide) groups is 1. The third-order valence-electron chi connectivity index (χ3n) is 4.37. The van der Waals surface area contributed by atoms with Gasteiger partial charge in [-0.05, 0) is 55.3 Å². The summed E-state index contributed by atoms with van der Waals surface area (Å²) in [5.74, 6) is 1.09. The van der Waals surface area contributed by atoms with E-state index in [1.807, 2.05) is 12.1 Å². The smallest absolute Gasteiger partial charge is 0.0406 e. The highest BCUT2D eigenvalue weighted by atomic mass is 35.5. The van der Waals surface area contributed by atoms with Crippen molar-refractivity contribution in [1.82, 2.24) is 5.32 Å². The summed E-state index contributed by atoms with van der Waals surface area (Å²) in [4.78, 5) is 0. The number of hydrogen-bond acceptors (Lipinski definition) is 2. The van der Waals surface area contributed by atoms with Crippen LogP contribution in [0.4, 0.5) is 0 Å². The van der Waals surface area contributed by atoms with E-state index in [4.69, 9.17) is 11.6 Å². The van der Waals surface area contributed by atoms with Crippen LogP contribution in [0.1, 0.15) is 52.0 Å². The van der Waals surface area contributed by atoms with Crippen molar-refractivity contribution in [3.63, 3.8) is 0 Å². The number of rotatable bonds is 6. The maximum absolute atomic E-state index is 5.96. The van der Waals surface area contributed by atoms with E-state index in [0.717, 1.165) is 22.6 Å². The molecule has 0 aliphatic heterocycles. The van der Waals surface area contributed by atoms with Gasteiger partial charge in [0.2, 0.25) is 0 Å². The molecular weight excluding hydrogens is 298 g/mol. The van der Waals surface area contributed by atoms with Crippen LogP contribution in [0.3, 0.4) is 0 Å². The van der Waals surface area contributed by atoms with Gasteiger partial charge in [0, 0.05) is 22.1 Å². The lowest BCUT2D eigenvalue weighted by atomic mass is 9.75. The summed E-state index contributed by atoms with van der Waals surface area (Å²) in [5.41, 5.74) is 1.87. The standard InChI is InChI=1S/C18H28ClNS/c1-4-11-20-16-9-10-18(2,3)12-17(16)21-13-14-5-7-15(19)8-6-14/h5-8,16-17,20H,4,9-13H2,1-3H3. The molecule has 1 nitrogen and oxygen atoms in total. The molecule has 3 heteroatoms. The lowest BCUT2D eigenvalue weighted by Crippen LogP contribution is -2.45. The summed E-state index contributed by atoms with van der Waals surface area (Å²) < 4.78 is 0. The molecule has 1 aromatic rings. The minimum Gasteiger partial charge on any atom is -0.313 e. The van der Waals surface area contributed by atoms with Gasteiger partial charge < -0.3 is 5.32 Å². The van der Waals surface area contributed by atoms with Crippen LogP contribution < -0.4 is 5.32 Å². The van der Waals surface area contributed by atoms with Crippen molar-refractivity contribution in [2.45, 2.75) is 63.5 Å². The van der Waals surface area contributed by atoms with Gasteiger partial charge in [-0.2, -0.15) is 11.8 Å². The van der Waals surface area contributed by atoms with Gasteiger partial charge >= 0.3 is 0 Å². The Labute approximate surface area is 139 Å². The molecular formula is C18H28ClNS. The van der Waals surface area contributed by atoms with Crippen molar-refractivity contribution in [3.05, 3.63) is 34.9 Å². The van der Waals surface area contributed by atoms with Gasteiger partial charge in [0.15, 0.2) is 0 Å². The second-order valence-electron chi connectivity index (χ2n) is 6.94. The summed E-state index contributed by atoms with van der Waals surface area (Å²) in [5, 5.41) is 5.31. The Morgan fingerprint density at radius 3 is 2.67 bits per heavy atom. The summed E-state index contributed by atoms with van der Waals surface area (Å²) in [6, 6.07) is 8.97. The molecule has 0 bridgehead atoms. The Balaban J connectivity index is 1.93. The Bertz CT molecular complexity index is 429. The van der Waals surface area contributed by atoms with Crippen LogP contribution in [-0.2, 0) is 5.75 Å². The number of hydrogen-bond donors (Lipinski definition) is 1. The first-order valence-corrected chi connectivity index (χ1v) is 9.52. The minimum atomic E-state index is 0.488. The molecule has 0 spiro atoms. The second-order valence-corrected chi connectivity index (χ2v) is 8.61. The molecule has 0 heterocycles. The Hall–Kier alpha value is -0.180. The number of benzene rings is 1. The SMILES string of the molecule is CCCNC1CCC(C)(C)CC1SCc1ccc(Cl)cc1. The van der Waals surface area contributed by atoms with Gasteiger partial charge in [-0.3, -0.25) is 0 Å². The molecule has 1 aromatic carbocycles. The molecule has 0 radical (unpaired) electrons. The van der Waals surface area contributed by atoms with Gasteiger partial charge in [0.1, 0.15) is 0 Å². The fourth-order valence-electron chi connectivity index (χ4n) is 3.04. The molecule has 2 rings (SSSR count). The highest BCUT2D eigenvalue weighted by molar-refractivity contribution is 7.99. The van der Waals surface area contributed by atoms with Crippen LogP contribution in [-0.4, -0.2) is 17.8 Å². The van der Waals surface area contributed by atoms with Gasteiger partial charge in [-0.15, -0.1) is 0 Å². The topological polar surface area (TPSA) is 12.0 Å². The quantitative estimate of drug-likeness (QED) is 0.739. The molecule has 1 N–H and O–H groups in total. The largest absolute Gasteiger partial charge is 0.313 e. The van der Waals surface area contributed by atoms with E-state index >= 15 is 0 Å². The molecule has 1 aliphatic rings. The van der Waals surface area contributed by atoms with Crippen LogP contribution >= 0.6 is 23.4 Å². The molecule has 1 saturated carbocycles. The monoisotopic (exact) mass is 325 g/mol. The van der Waals surface area contributed by atoms with E-state index in [9.17, 15) is 0 Å². The molecule has 2 unspecified atom stereocenters. The van der Waals surface area contributed by atoms with Crippen molar-refractivity contribution in [2.75, 3.05) is 6.54 Å². The molecule has 1 aliphatic carbocycles. The number of halogens is 1.